The van der Waals surface area contributed by atoms with Crippen molar-refractivity contribution in [1.29, 1.82) is 0 Å². The number of hydrogen-bond donors (Lipinski definition) is 3. The number of urea groups is 1. The summed E-state index contributed by atoms with van der Waals surface area (Å²) in [5, 5.41) is 15.6. The molecule has 0 aromatic carbocycles. The predicted molar refractivity (Wildman–Crippen MR) is 75.4 cm³/mol. The number of amides is 2. The third-order valence-corrected chi connectivity index (χ3v) is 5.38. The van der Waals surface area contributed by atoms with Crippen LogP contribution in [0.3, 0.4) is 0 Å². The van der Waals surface area contributed by atoms with Gasteiger partial charge in [0, 0.05) is 24.6 Å². The monoisotopic (exact) mass is 282 g/mol. The lowest BCUT2D eigenvalue weighted by Crippen LogP contribution is -2.68. The molecule has 3 aliphatic rings. The molecule has 5 heteroatoms. The molecule has 0 saturated heterocycles. The van der Waals surface area contributed by atoms with Gasteiger partial charge in [0.05, 0.1) is 12.2 Å². The largest absolute Gasteiger partial charge is 0.391 e. The molecule has 0 bridgehead atoms. The molecule has 3 aliphatic carbocycles. The van der Waals surface area contributed by atoms with E-state index in [1.165, 1.54) is 6.42 Å². The first-order valence-corrected chi connectivity index (χ1v) is 8.00. The minimum absolute atomic E-state index is 0.143. The molecule has 114 valence electrons. The van der Waals surface area contributed by atoms with E-state index in [0.717, 1.165) is 38.7 Å². The predicted octanol–water partition coefficient (Wildman–Crippen LogP) is 1.40. The summed E-state index contributed by atoms with van der Waals surface area (Å²) in [4.78, 5) is 11.9. The van der Waals surface area contributed by atoms with Crippen LogP contribution in [0.4, 0.5) is 4.79 Å². The van der Waals surface area contributed by atoms with E-state index in [2.05, 4.69) is 10.6 Å². The molecule has 0 aromatic heterocycles. The fraction of sp³-hybridized carbons (Fsp3) is 0.933. The second kappa shape index (κ2) is 5.53. The van der Waals surface area contributed by atoms with Crippen LogP contribution in [-0.2, 0) is 4.74 Å². The molecule has 3 fully saturated rings. The van der Waals surface area contributed by atoms with Crippen molar-refractivity contribution in [3.63, 3.8) is 0 Å². The quantitative estimate of drug-likeness (QED) is 0.690. The van der Waals surface area contributed by atoms with E-state index in [9.17, 15) is 9.90 Å². The minimum Gasteiger partial charge on any atom is -0.391 e. The molecule has 0 heterocycles. The van der Waals surface area contributed by atoms with E-state index in [0.29, 0.717) is 18.6 Å². The molecule has 1 spiro atoms. The van der Waals surface area contributed by atoms with E-state index in [1.807, 2.05) is 6.92 Å². The number of hydrogen-bond acceptors (Lipinski definition) is 3. The molecule has 0 aromatic rings. The smallest absolute Gasteiger partial charge is 0.315 e. The van der Waals surface area contributed by atoms with Crippen LogP contribution in [0.25, 0.3) is 0 Å². The molecule has 20 heavy (non-hydrogen) atoms. The molecule has 3 atom stereocenters. The Kier molecular flexibility index (Phi) is 3.91. The highest BCUT2D eigenvalue weighted by Gasteiger charge is 2.59. The SMILES string of the molecule is CCO[C@@H]1C[C@H](NC(=O)NC[C@H](O)C2CC2)C12CCC2. The minimum atomic E-state index is -0.379. The Bertz CT molecular complexity index is 366. The van der Waals surface area contributed by atoms with Gasteiger partial charge in [0.1, 0.15) is 0 Å². The van der Waals surface area contributed by atoms with E-state index < -0.39 is 0 Å². The molecule has 3 rings (SSSR count). The topological polar surface area (TPSA) is 70.6 Å². The number of ether oxygens (including phenoxy) is 1. The van der Waals surface area contributed by atoms with Gasteiger partial charge in [0.25, 0.3) is 0 Å². The fourth-order valence-electron chi connectivity index (χ4n) is 3.69. The molecular weight excluding hydrogens is 256 g/mol. The van der Waals surface area contributed by atoms with Gasteiger partial charge in [0.15, 0.2) is 0 Å². The maximum atomic E-state index is 11.9. The van der Waals surface area contributed by atoms with E-state index in [-0.39, 0.29) is 23.6 Å². The number of nitrogens with one attached hydrogen (secondary N) is 2. The molecule has 5 nitrogen and oxygen atoms in total. The zero-order valence-electron chi connectivity index (χ0n) is 12.2. The fourth-order valence-corrected chi connectivity index (χ4v) is 3.69. The summed E-state index contributed by atoms with van der Waals surface area (Å²) >= 11 is 0. The first kappa shape index (κ1) is 14.1. The van der Waals surface area contributed by atoms with Gasteiger partial charge in [-0.25, -0.2) is 4.79 Å². The average molecular weight is 282 g/mol. The Hall–Kier alpha value is -0.810. The maximum absolute atomic E-state index is 11.9. The second-order valence-electron chi connectivity index (χ2n) is 6.58. The van der Waals surface area contributed by atoms with Crippen molar-refractivity contribution in [3.05, 3.63) is 0 Å². The summed E-state index contributed by atoms with van der Waals surface area (Å²) in [5.41, 5.74) is 0.197. The number of rotatable bonds is 6. The summed E-state index contributed by atoms with van der Waals surface area (Å²) in [6, 6.07) is 0.0989. The Morgan fingerprint density at radius 2 is 2.20 bits per heavy atom. The van der Waals surface area contributed by atoms with Crippen molar-refractivity contribution >= 4 is 6.03 Å². The van der Waals surface area contributed by atoms with Gasteiger partial charge in [-0.2, -0.15) is 0 Å². The lowest BCUT2D eigenvalue weighted by atomic mass is 9.51. The van der Waals surface area contributed by atoms with Gasteiger partial charge < -0.3 is 20.5 Å². The normalized spacial score (nSPS) is 32.1. The van der Waals surface area contributed by atoms with Crippen LogP contribution in [0.2, 0.25) is 0 Å². The van der Waals surface area contributed by atoms with Crippen molar-refractivity contribution in [2.45, 2.75) is 63.7 Å². The van der Waals surface area contributed by atoms with Crippen LogP contribution in [0.15, 0.2) is 0 Å². The Morgan fingerprint density at radius 1 is 1.45 bits per heavy atom. The van der Waals surface area contributed by atoms with Crippen LogP contribution in [0, 0.1) is 11.3 Å². The molecule has 0 radical (unpaired) electrons. The van der Waals surface area contributed by atoms with Crippen LogP contribution in [0.1, 0.15) is 45.4 Å². The molecule has 0 unspecified atom stereocenters. The van der Waals surface area contributed by atoms with Crippen molar-refractivity contribution in [2.24, 2.45) is 11.3 Å². The van der Waals surface area contributed by atoms with Crippen LogP contribution < -0.4 is 10.6 Å². The van der Waals surface area contributed by atoms with E-state index in [4.69, 9.17) is 4.74 Å². The van der Waals surface area contributed by atoms with Crippen molar-refractivity contribution in [1.82, 2.24) is 10.6 Å². The van der Waals surface area contributed by atoms with Crippen LogP contribution in [0.5, 0.6) is 0 Å². The maximum Gasteiger partial charge on any atom is 0.315 e. The number of carbonyl (C=O) groups is 1. The van der Waals surface area contributed by atoms with Crippen molar-refractivity contribution in [2.75, 3.05) is 13.2 Å². The van der Waals surface area contributed by atoms with Gasteiger partial charge in [-0.15, -0.1) is 0 Å². The first-order valence-electron chi connectivity index (χ1n) is 8.00. The molecule has 3 N–H and O–H groups in total. The number of aliphatic hydroxyl groups is 1. The van der Waals surface area contributed by atoms with Gasteiger partial charge in [-0.3, -0.25) is 0 Å². The van der Waals surface area contributed by atoms with E-state index >= 15 is 0 Å². The number of aliphatic hydroxyl groups excluding tert-OH is 1. The zero-order chi connectivity index (χ0) is 14.2. The van der Waals surface area contributed by atoms with Gasteiger partial charge in [-0.1, -0.05) is 6.42 Å². The summed E-state index contributed by atoms with van der Waals surface area (Å²) < 4.78 is 5.77. The summed E-state index contributed by atoms with van der Waals surface area (Å²) in [5.74, 6) is 0.402. The first-order chi connectivity index (χ1) is 9.65. The zero-order valence-corrected chi connectivity index (χ0v) is 12.2. The standard InChI is InChI=1S/C15H26N2O3/c1-2-20-13-8-12(15(13)6-3-7-15)17-14(19)16-9-11(18)10-4-5-10/h10-13,18H,2-9H2,1H3,(H2,16,17,19)/t11-,12-,13+/m0/s1. The molecule has 2 amide bonds. The highest BCUT2D eigenvalue weighted by Crippen LogP contribution is 2.57. The van der Waals surface area contributed by atoms with Gasteiger partial charge in [-0.05, 0) is 44.9 Å². The van der Waals surface area contributed by atoms with Crippen LogP contribution >= 0.6 is 0 Å². The molecular formula is C15H26N2O3. The molecule has 3 saturated carbocycles. The summed E-state index contributed by atoms with van der Waals surface area (Å²) in [6.07, 6.45) is 6.61. The van der Waals surface area contributed by atoms with Gasteiger partial charge in [0.2, 0.25) is 0 Å². The second-order valence-corrected chi connectivity index (χ2v) is 6.58. The lowest BCUT2D eigenvalue weighted by Gasteiger charge is -2.60. The average Bonchev–Trinajstić information content (AvgIpc) is 3.16. The third kappa shape index (κ3) is 2.53. The summed E-state index contributed by atoms with van der Waals surface area (Å²) in [7, 11) is 0. The highest BCUT2D eigenvalue weighted by atomic mass is 16.5. The van der Waals surface area contributed by atoms with E-state index in [1.54, 1.807) is 0 Å². The highest BCUT2D eigenvalue weighted by molar-refractivity contribution is 5.74. The van der Waals surface area contributed by atoms with Crippen LogP contribution in [-0.4, -0.2) is 42.5 Å². The third-order valence-electron chi connectivity index (χ3n) is 5.38. The van der Waals surface area contributed by atoms with Crippen molar-refractivity contribution in [3.8, 4) is 0 Å². The Morgan fingerprint density at radius 3 is 2.75 bits per heavy atom. The molecule has 0 aliphatic heterocycles. The summed E-state index contributed by atoms with van der Waals surface area (Å²) in [6.45, 7) is 3.14. The van der Waals surface area contributed by atoms with Crippen molar-refractivity contribution < 1.29 is 14.6 Å². The Labute approximate surface area is 120 Å². The van der Waals surface area contributed by atoms with Gasteiger partial charge >= 0.3 is 6.03 Å². The number of carbonyl (C=O) groups excluding carboxylic acids is 1. The lowest BCUT2D eigenvalue weighted by molar-refractivity contribution is -0.169. The Balaban J connectivity index is 1.42.